The average molecular weight is 277 g/mol. The van der Waals surface area contributed by atoms with Gasteiger partial charge in [0.15, 0.2) is 12.0 Å². The first kappa shape index (κ1) is 13.2. The van der Waals surface area contributed by atoms with E-state index in [2.05, 4.69) is 4.98 Å². The summed E-state index contributed by atoms with van der Waals surface area (Å²) >= 11 is 0. The summed E-state index contributed by atoms with van der Waals surface area (Å²) in [7, 11) is -3.88. The maximum absolute atomic E-state index is 11.9. The topological polar surface area (TPSA) is 73.3 Å². The summed E-state index contributed by atoms with van der Waals surface area (Å²) in [5.41, 5.74) is 1.16. The fourth-order valence-electron chi connectivity index (χ4n) is 1.39. The number of pyridine rings is 1. The lowest BCUT2D eigenvalue weighted by molar-refractivity contribution is 0.111. The van der Waals surface area contributed by atoms with E-state index in [4.69, 9.17) is 4.18 Å². The number of aldehydes is 1. The van der Waals surface area contributed by atoms with Gasteiger partial charge in [0, 0.05) is 0 Å². The van der Waals surface area contributed by atoms with Gasteiger partial charge >= 0.3 is 10.1 Å². The molecule has 0 spiro atoms. The standard InChI is InChI=1S/C13H11NO4S/c1-10-2-6-13(7-3-10)19(16,17)18-12-5-4-11(9-15)14-8-12/h2-9H,1H3. The van der Waals surface area contributed by atoms with Gasteiger partial charge in [0.05, 0.1) is 6.20 Å². The van der Waals surface area contributed by atoms with Crippen LogP contribution in [0.25, 0.3) is 0 Å². The van der Waals surface area contributed by atoms with E-state index in [0.29, 0.717) is 6.29 Å². The lowest BCUT2D eigenvalue weighted by Gasteiger charge is -2.06. The van der Waals surface area contributed by atoms with Crippen molar-refractivity contribution in [3.63, 3.8) is 0 Å². The first-order chi connectivity index (χ1) is 9.01. The number of aromatic nitrogens is 1. The number of hydrogen-bond donors (Lipinski definition) is 0. The zero-order valence-electron chi connectivity index (χ0n) is 10.1. The minimum Gasteiger partial charge on any atom is -0.377 e. The highest BCUT2D eigenvalue weighted by Gasteiger charge is 2.16. The van der Waals surface area contributed by atoms with Crippen molar-refractivity contribution in [1.82, 2.24) is 4.98 Å². The number of carbonyl (C=O) groups excluding carboxylic acids is 1. The molecular formula is C13H11NO4S. The quantitative estimate of drug-likeness (QED) is 0.631. The Labute approximate surface area is 111 Å². The molecule has 0 radical (unpaired) electrons. The molecule has 0 aliphatic rings. The molecule has 2 aromatic rings. The molecule has 0 amide bonds. The molecule has 5 nitrogen and oxygen atoms in total. The predicted molar refractivity (Wildman–Crippen MR) is 68.6 cm³/mol. The van der Waals surface area contributed by atoms with E-state index in [1.54, 1.807) is 12.1 Å². The van der Waals surface area contributed by atoms with Gasteiger partial charge in [-0.05, 0) is 31.2 Å². The Morgan fingerprint density at radius 1 is 1.11 bits per heavy atom. The van der Waals surface area contributed by atoms with E-state index in [0.717, 1.165) is 5.56 Å². The summed E-state index contributed by atoms with van der Waals surface area (Å²) in [6, 6.07) is 9.07. The molecule has 0 unspecified atom stereocenters. The second kappa shape index (κ2) is 5.19. The van der Waals surface area contributed by atoms with Crippen LogP contribution in [0.5, 0.6) is 5.75 Å². The third kappa shape index (κ3) is 3.17. The Kier molecular flexibility index (Phi) is 3.62. The molecule has 0 aliphatic heterocycles. The van der Waals surface area contributed by atoms with Crippen LogP contribution in [0.4, 0.5) is 0 Å². The number of hydrogen-bond acceptors (Lipinski definition) is 5. The van der Waals surface area contributed by atoms with Crippen LogP contribution < -0.4 is 4.18 Å². The Morgan fingerprint density at radius 3 is 2.32 bits per heavy atom. The van der Waals surface area contributed by atoms with Gasteiger partial charge in [-0.1, -0.05) is 17.7 Å². The van der Waals surface area contributed by atoms with E-state index < -0.39 is 10.1 Å². The van der Waals surface area contributed by atoms with E-state index in [-0.39, 0.29) is 16.3 Å². The van der Waals surface area contributed by atoms with E-state index in [1.807, 2.05) is 6.92 Å². The van der Waals surface area contributed by atoms with Crippen molar-refractivity contribution in [3.8, 4) is 5.75 Å². The van der Waals surface area contributed by atoms with Crippen LogP contribution in [0, 0.1) is 6.92 Å². The van der Waals surface area contributed by atoms with Gasteiger partial charge in [0.25, 0.3) is 0 Å². The van der Waals surface area contributed by atoms with Gasteiger partial charge in [-0.2, -0.15) is 8.42 Å². The molecule has 1 aromatic heterocycles. The largest absolute Gasteiger partial charge is 0.377 e. The first-order valence-electron chi connectivity index (χ1n) is 5.44. The van der Waals surface area contributed by atoms with Crippen LogP contribution in [-0.4, -0.2) is 19.7 Å². The van der Waals surface area contributed by atoms with Gasteiger partial charge in [0.2, 0.25) is 0 Å². The summed E-state index contributed by atoms with van der Waals surface area (Å²) in [5, 5.41) is 0. The molecule has 19 heavy (non-hydrogen) atoms. The molecule has 0 saturated carbocycles. The van der Waals surface area contributed by atoms with Gasteiger partial charge in [-0.25, -0.2) is 4.98 Å². The molecular weight excluding hydrogens is 266 g/mol. The Hall–Kier alpha value is -2.21. The van der Waals surface area contributed by atoms with Crippen LogP contribution in [0.3, 0.4) is 0 Å². The second-order valence-corrected chi connectivity index (χ2v) is 5.43. The Morgan fingerprint density at radius 2 is 1.79 bits per heavy atom. The van der Waals surface area contributed by atoms with Crippen molar-refractivity contribution in [2.24, 2.45) is 0 Å². The highest BCUT2D eigenvalue weighted by Crippen LogP contribution is 2.18. The molecule has 0 atom stereocenters. The Balaban J connectivity index is 2.25. The second-order valence-electron chi connectivity index (χ2n) is 3.89. The number of nitrogens with zero attached hydrogens (tertiary/aromatic N) is 1. The fourth-order valence-corrected chi connectivity index (χ4v) is 2.31. The third-order valence-corrected chi connectivity index (χ3v) is 3.66. The summed E-state index contributed by atoms with van der Waals surface area (Å²) in [4.78, 5) is 14.2. The molecule has 98 valence electrons. The zero-order valence-corrected chi connectivity index (χ0v) is 10.9. The molecule has 0 fully saturated rings. The van der Waals surface area contributed by atoms with Crippen LogP contribution in [0.1, 0.15) is 16.1 Å². The van der Waals surface area contributed by atoms with Gasteiger partial charge in [-0.3, -0.25) is 4.79 Å². The predicted octanol–water partition coefficient (Wildman–Crippen LogP) is 1.97. The lowest BCUT2D eigenvalue weighted by atomic mass is 10.2. The zero-order chi connectivity index (χ0) is 13.9. The van der Waals surface area contributed by atoms with Crippen LogP contribution in [0.15, 0.2) is 47.5 Å². The third-order valence-electron chi connectivity index (χ3n) is 2.40. The maximum Gasteiger partial charge on any atom is 0.339 e. The van der Waals surface area contributed by atoms with Gasteiger partial charge in [-0.15, -0.1) is 0 Å². The minimum atomic E-state index is -3.88. The fraction of sp³-hybridized carbons (Fsp3) is 0.0769. The van der Waals surface area contributed by atoms with Crippen molar-refractivity contribution < 1.29 is 17.4 Å². The van der Waals surface area contributed by atoms with E-state index >= 15 is 0 Å². The molecule has 0 N–H and O–H groups in total. The maximum atomic E-state index is 11.9. The van der Waals surface area contributed by atoms with E-state index in [9.17, 15) is 13.2 Å². The molecule has 2 rings (SSSR count). The molecule has 0 aliphatic carbocycles. The number of rotatable bonds is 4. The average Bonchev–Trinajstić information content (AvgIpc) is 2.40. The number of aryl methyl sites for hydroxylation is 1. The van der Waals surface area contributed by atoms with Crippen LogP contribution in [0.2, 0.25) is 0 Å². The number of carbonyl (C=O) groups is 1. The molecule has 6 heteroatoms. The summed E-state index contributed by atoms with van der Waals surface area (Å²) in [5.74, 6) is 0.0613. The summed E-state index contributed by atoms with van der Waals surface area (Å²) in [6.45, 7) is 1.86. The van der Waals surface area contributed by atoms with E-state index in [1.165, 1.54) is 30.5 Å². The monoisotopic (exact) mass is 277 g/mol. The van der Waals surface area contributed by atoms with Crippen molar-refractivity contribution in [2.75, 3.05) is 0 Å². The smallest absolute Gasteiger partial charge is 0.339 e. The minimum absolute atomic E-state index is 0.0613. The van der Waals surface area contributed by atoms with Crippen molar-refractivity contribution in [1.29, 1.82) is 0 Å². The van der Waals surface area contributed by atoms with Gasteiger partial charge in [0.1, 0.15) is 10.6 Å². The summed E-state index contributed by atoms with van der Waals surface area (Å²) in [6.07, 6.45) is 1.76. The van der Waals surface area contributed by atoms with Crippen molar-refractivity contribution >= 4 is 16.4 Å². The highest BCUT2D eigenvalue weighted by atomic mass is 32.2. The number of benzene rings is 1. The lowest BCUT2D eigenvalue weighted by Crippen LogP contribution is -2.10. The van der Waals surface area contributed by atoms with Crippen molar-refractivity contribution in [3.05, 3.63) is 53.9 Å². The van der Waals surface area contributed by atoms with Crippen molar-refractivity contribution in [2.45, 2.75) is 11.8 Å². The highest BCUT2D eigenvalue weighted by molar-refractivity contribution is 7.87. The molecule has 1 heterocycles. The summed E-state index contributed by atoms with van der Waals surface area (Å²) < 4.78 is 28.8. The Bertz CT molecular complexity index is 676. The molecule has 0 saturated heterocycles. The van der Waals surface area contributed by atoms with Crippen LogP contribution in [-0.2, 0) is 10.1 Å². The first-order valence-corrected chi connectivity index (χ1v) is 6.84. The normalized spacial score (nSPS) is 11.0. The SMILES string of the molecule is Cc1ccc(S(=O)(=O)Oc2ccc(C=O)nc2)cc1. The van der Waals surface area contributed by atoms with Gasteiger partial charge < -0.3 is 4.18 Å². The van der Waals surface area contributed by atoms with Crippen LogP contribution >= 0.6 is 0 Å². The molecule has 1 aromatic carbocycles. The molecule has 0 bridgehead atoms.